The predicted octanol–water partition coefficient (Wildman–Crippen LogP) is 6.43. The van der Waals surface area contributed by atoms with Gasteiger partial charge in [0.15, 0.2) is 0 Å². The van der Waals surface area contributed by atoms with Gasteiger partial charge in [-0.3, -0.25) is 0 Å². The van der Waals surface area contributed by atoms with Crippen LogP contribution in [0.5, 0.6) is 0 Å². The molecule has 0 saturated heterocycles. The van der Waals surface area contributed by atoms with Gasteiger partial charge in [-0.1, -0.05) is 91.0 Å². The van der Waals surface area contributed by atoms with Crippen molar-refractivity contribution < 1.29 is 4.11 Å². The molecule has 2 heteroatoms. The molecule has 0 nitrogen and oxygen atoms in total. The van der Waals surface area contributed by atoms with Gasteiger partial charge in [-0.2, -0.15) is 0 Å². The van der Waals surface area contributed by atoms with Gasteiger partial charge in [0.05, 0.1) is 0 Å². The Morgan fingerprint density at radius 1 is 0.680 bits per heavy atom. The molecule has 2 radical (unpaired) electrons. The minimum absolute atomic E-state index is 0.446. The molecule has 120 valence electrons. The van der Waals surface area contributed by atoms with E-state index in [1.54, 1.807) is 0 Å². The zero-order valence-electron chi connectivity index (χ0n) is 13.7. The second-order valence-electron chi connectivity index (χ2n) is 6.01. The predicted molar refractivity (Wildman–Crippen MR) is 107 cm³/mol. The van der Waals surface area contributed by atoms with Crippen LogP contribution >= 0.6 is 0 Å². The van der Waals surface area contributed by atoms with Gasteiger partial charge in [0.25, 0.3) is 9.85 Å². The molecule has 0 spiro atoms. The molecule has 4 rings (SSSR count). The monoisotopic (exact) mass is 340 g/mol. The largest absolute Gasteiger partial charge is 0.315 e. The van der Waals surface area contributed by atoms with Crippen molar-refractivity contribution in [3.63, 3.8) is 0 Å². The van der Waals surface area contributed by atoms with E-state index in [4.69, 9.17) is 0 Å². The molecule has 0 aliphatic heterocycles. The van der Waals surface area contributed by atoms with Gasteiger partial charge in [0, 0.05) is 0 Å². The van der Waals surface area contributed by atoms with E-state index in [9.17, 15) is 4.11 Å². The Kier molecular flexibility index (Phi) is 4.44. The summed E-state index contributed by atoms with van der Waals surface area (Å²) in [4.78, 5) is 0. The number of hydrogen-bond acceptors (Lipinski definition) is 0. The van der Waals surface area contributed by atoms with E-state index in [2.05, 4.69) is 84.9 Å². The molecule has 0 bridgehead atoms. The second kappa shape index (κ2) is 7.04. The normalized spacial score (nSPS) is 10.9. The number of halogens is 1. The van der Waals surface area contributed by atoms with Crippen molar-refractivity contribution in [1.29, 1.82) is 0 Å². The van der Waals surface area contributed by atoms with E-state index in [0.717, 1.165) is 16.7 Å². The van der Waals surface area contributed by atoms with E-state index < -0.39 is 9.85 Å². The molecule has 4 aromatic rings. The summed E-state index contributed by atoms with van der Waals surface area (Å²) in [6.45, 7) is 0. The molecule has 25 heavy (non-hydrogen) atoms. The van der Waals surface area contributed by atoms with Crippen LogP contribution in [0.1, 0.15) is 11.1 Å². The summed E-state index contributed by atoms with van der Waals surface area (Å²) in [7, 11) is -0.582. The maximum atomic E-state index is 13.0. The molecule has 0 amide bonds. The van der Waals surface area contributed by atoms with Crippen LogP contribution in [0.2, 0.25) is 6.04 Å². The van der Waals surface area contributed by atoms with Crippen LogP contribution in [-0.4, -0.2) is 9.85 Å². The number of hydrogen-bond donors (Lipinski definition) is 0. The SMILES string of the molecule is F[Si]CC=C(c1cccc2ccccc12)c1cccc2ccccc12. The van der Waals surface area contributed by atoms with Crippen LogP contribution in [0.15, 0.2) is 91.0 Å². The van der Waals surface area contributed by atoms with Crippen LogP contribution < -0.4 is 0 Å². The summed E-state index contributed by atoms with van der Waals surface area (Å²) >= 11 is 0. The molecule has 0 saturated carbocycles. The van der Waals surface area contributed by atoms with Crippen LogP contribution in [0, 0.1) is 0 Å². The summed E-state index contributed by atoms with van der Waals surface area (Å²) < 4.78 is 13.0. The summed E-state index contributed by atoms with van der Waals surface area (Å²) in [6.07, 6.45) is 2.04. The highest BCUT2D eigenvalue weighted by Crippen LogP contribution is 2.34. The maximum absolute atomic E-state index is 13.0. The van der Waals surface area contributed by atoms with Gasteiger partial charge < -0.3 is 4.11 Å². The first-order valence-electron chi connectivity index (χ1n) is 8.38. The van der Waals surface area contributed by atoms with Gasteiger partial charge in [-0.15, -0.1) is 0 Å². The van der Waals surface area contributed by atoms with Gasteiger partial charge in [-0.05, 0) is 44.3 Å². The van der Waals surface area contributed by atoms with Crippen molar-refractivity contribution in [2.45, 2.75) is 6.04 Å². The Hall–Kier alpha value is -2.71. The summed E-state index contributed by atoms with van der Waals surface area (Å²) in [5.41, 5.74) is 3.43. The lowest BCUT2D eigenvalue weighted by molar-refractivity contribution is 0.869. The number of rotatable bonds is 4. The fourth-order valence-electron chi connectivity index (χ4n) is 3.43. The molecular formula is C23H17FSi. The molecule has 0 fully saturated rings. The number of allylic oxidation sites excluding steroid dienone is 1. The molecular weight excluding hydrogens is 323 g/mol. The number of benzene rings is 4. The Morgan fingerprint density at radius 3 is 1.68 bits per heavy atom. The zero-order chi connectivity index (χ0) is 17.1. The third kappa shape index (κ3) is 3.01. The topological polar surface area (TPSA) is 0 Å². The average molecular weight is 340 g/mol. The summed E-state index contributed by atoms with van der Waals surface area (Å²) in [6, 6.07) is 29.9. The second-order valence-corrected chi connectivity index (χ2v) is 6.68. The molecule has 0 aliphatic carbocycles. The van der Waals surface area contributed by atoms with Crippen molar-refractivity contribution in [2.24, 2.45) is 0 Å². The fraction of sp³-hybridized carbons (Fsp3) is 0.0435. The minimum atomic E-state index is -0.582. The van der Waals surface area contributed by atoms with E-state index >= 15 is 0 Å². The first kappa shape index (κ1) is 15.8. The maximum Gasteiger partial charge on any atom is 0.298 e. The highest BCUT2D eigenvalue weighted by atomic mass is 28.3. The molecule has 0 heterocycles. The third-order valence-corrected chi connectivity index (χ3v) is 4.90. The van der Waals surface area contributed by atoms with Crippen LogP contribution in [0.25, 0.3) is 27.1 Å². The van der Waals surface area contributed by atoms with E-state index in [-0.39, 0.29) is 0 Å². The van der Waals surface area contributed by atoms with E-state index in [1.807, 2.05) is 6.08 Å². The first-order valence-corrected chi connectivity index (χ1v) is 9.47. The molecule has 4 aromatic carbocycles. The van der Waals surface area contributed by atoms with Gasteiger partial charge in [-0.25, -0.2) is 0 Å². The van der Waals surface area contributed by atoms with Gasteiger partial charge in [0.2, 0.25) is 0 Å². The molecule has 0 unspecified atom stereocenters. The third-order valence-electron chi connectivity index (χ3n) is 4.54. The number of fused-ring (bicyclic) bond motifs is 2. The van der Waals surface area contributed by atoms with Gasteiger partial charge in [0.1, 0.15) is 0 Å². The van der Waals surface area contributed by atoms with Crippen LogP contribution in [0.4, 0.5) is 4.11 Å². The lowest BCUT2D eigenvalue weighted by Crippen LogP contribution is -1.92. The standard InChI is InChI=1S/C23H17FSi/c24-25-16-15-23(21-13-5-9-17-7-1-3-11-19(17)21)22-14-6-10-18-8-2-4-12-20(18)22/h1-15H,16H2. The minimum Gasteiger partial charge on any atom is -0.315 e. The molecule has 0 aliphatic rings. The van der Waals surface area contributed by atoms with Crippen molar-refractivity contribution in [1.82, 2.24) is 0 Å². The Morgan fingerprint density at radius 2 is 1.16 bits per heavy atom. The quantitative estimate of drug-likeness (QED) is 0.296. The Balaban J connectivity index is 2.01. The van der Waals surface area contributed by atoms with Gasteiger partial charge >= 0.3 is 0 Å². The van der Waals surface area contributed by atoms with E-state index in [0.29, 0.717) is 6.04 Å². The van der Waals surface area contributed by atoms with Crippen molar-refractivity contribution in [3.8, 4) is 0 Å². The van der Waals surface area contributed by atoms with Crippen molar-refractivity contribution in [3.05, 3.63) is 102 Å². The van der Waals surface area contributed by atoms with Crippen molar-refractivity contribution in [2.75, 3.05) is 0 Å². The zero-order valence-corrected chi connectivity index (χ0v) is 14.7. The van der Waals surface area contributed by atoms with E-state index in [1.165, 1.54) is 21.5 Å². The molecule has 0 atom stereocenters. The lowest BCUT2D eigenvalue weighted by atomic mass is 9.90. The molecule has 0 N–H and O–H groups in total. The lowest BCUT2D eigenvalue weighted by Gasteiger charge is -2.14. The Bertz CT molecular complexity index is 974. The fourth-order valence-corrected chi connectivity index (χ4v) is 3.71. The van der Waals surface area contributed by atoms with Crippen LogP contribution in [-0.2, 0) is 0 Å². The average Bonchev–Trinajstić information content (AvgIpc) is 2.68. The van der Waals surface area contributed by atoms with Crippen molar-refractivity contribution >= 4 is 37.0 Å². The first-order chi connectivity index (χ1) is 12.4. The summed E-state index contributed by atoms with van der Waals surface area (Å²) in [5, 5.41) is 4.81. The van der Waals surface area contributed by atoms with Crippen LogP contribution in [0.3, 0.4) is 0 Å². The Labute approximate surface area is 149 Å². The molecule has 0 aromatic heterocycles. The highest BCUT2D eigenvalue weighted by Gasteiger charge is 2.11. The highest BCUT2D eigenvalue weighted by molar-refractivity contribution is 6.27. The summed E-state index contributed by atoms with van der Waals surface area (Å²) in [5.74, 6) is 0. The smallest absolute Gasteiger partial charge is 0.298 e.